The molecule has 2 fully saturated rings. The lowest BCUT2D eigenvalue weighted by molar-refractivity contribution is -0.144. The van der Waals surface area contributed by atoms with Crippen molar-refractivity contribution in [1.82, 2.24) is 14.8 Å². The van der Waals surface area contributed by atoms with Crippen LogP contribution in [0, 0.1) is 5.92 Å². The van der Waals surface area contributed by atoms with Gasteiger partial charge in [0.05, 0.1) is 7.11 Å². The third kappa shape index (κ3) is 4.34. The Morgan fingerprint density at radius 2 is 1.67 bits per heavy atom. The van der Waals surface area contributed by atoms with Crippen molar-refractivity contribution in [3.05, 3.63) is 54.1 Å². The van der Waals surface area contributed by atoms with Gasteiger partial charge in [0, 0.05) is 55.1 Å². The maximum atomic E-state index is 13.0. The van der Waals surface area contributed by atoms with Crippen molar-refractivity contribution in [2.75, 3.05) is 33.3 Å². The molecule has 1 aromatic heterocycles. The minimum atomic E-state index is 0.164. The number of nitrogens with one attached hydrogen (secondary N) is 1. The molecule has 5 rings (SSSR count). The number of carbonyl (C=O) groups is 2. The molecular formula is C27H31N3O3. The molecule has 0 atom stereocenters. The van der Waals surface area contributed by atoms with Crippen LogP contribution in [0.1, 0.15) is 31.2 Å². The number of nitrogens with zero attached hydrogens (tertiary/aromatic N) is 2. The number of hydrogen-bond acceptors (Lipinski definition) is 3. The van der Waals surface area contributed by atoms with Gasteiger partial charge < -0.3 is 19.5 Å². The first-order valence-corrected chi connectivity index (χ1v) is 11.9. The second-order valence-electron chi connectivity index (χ2n) is 9.09. The summed E-state index contributed by atoms with van der Waals surface area (Å²) in [7, 11) is 1.66. The Balaban J connectivity index is 1.27. The summed E-state index contributed by atoms with van der Waals surface area (Å²) >= 11 is 0. The Bertz CT molecular complexity index is 1140. The lowest BCUT2D eigenvalue weighted by atomic mass is 9.84. The normalized spacial score (nSPS) is 16.6. The van der Waals surface area contributed by atoms with Crippen LogP contribution in [0.25, 0.3) is 22.2 Å². The predicted molar refractivity (Wildman–Crippen MR) is 129 cm³/mol. The van der Waals surface area contributed by atoms with Crippen LogP contribution in [0.15, 0.2) is 48.5 Å². The first-order chi connectivity index (χ1) is 16.1. The molecule has 1 saturated heterocycles. The van der Waals surface area contributed by atoms with Gasteiger partial charge in [-0.15, -0.1) is 0 Å². The monoisotopic (exact) mass is 445 g/mol. The Morgan fingerprint density at radius 3 is 2.33 bits per heavy atom. The fourth-order valence-electron chi connectivity index (χ4n) is 4.94. The first-order valence-electron chi connectivity index (χ1n) is 11.9. The van der Waals surface area contributed by atoms with Gasteiger partial charge >= 0.3 is 0 Å². The molecule has 33 heavy (non-hydrogen) atoms. The molecule has 1 N–H and O–H groups in total. The van der Waals surface area contributed by atoms with Crippen LogP contribution in [-0.2, 0) is 16.0 Å². The number of methoxy groups -OCH3 is 1. The number of H-pyrrole nitrogens is 1. The summed E-state index contributed by atoms with van der Waals surface area (Å²) in [6.45, 7) is 2.59. The van der Waals surface area contributed by atoms with Crippen LogP contribution in [0.5, 0.6) is 5.75 Å². The van der Waals surface area contributed by atoms with Gasteiger partial charge in [0.25, 0.3) is 0 Å². The summed E-state index contributed by atoms with van der Waals surface area (Å²) in [4.78, 5) is 32.9. The van der Waals surface area contributed by atoms with Crippen molar-refractivity contribution in [3.63, 3.8) is 0 Å². The highest BCUT2D eigenvalue weighted by Gasteiger charge is 2.32. The van der Waals surface area contributed by atoms with E-state index < -0.39 is 0 Å². The number of hydrogen-bond donors (Lipinski definition) is 1. The molecule has 3 aromatic rings. The van der Waals surface area contributed by atoms with Crippen molar-refractivity contribution in [1.29, 1.82) is 0 Å². The number of para-hydroxylation sites is 1. The molecular weight excluding hydrogens is 414 g/mol. The summed E-state index contributed by atoms with van der Waals surface area (Å²) < 4.78 is 5.30. The van der Waals surface area contributed by atoms with Crippen LogP contribution >= 0.6 is 0 Å². The van der Waals surface area contributed by atoms with E-state index in [4.69, 9.17) is 4.74 Å². The van der Waals surface area contributed by atoms with Crippen molar-refractivity contribution >= 4 is 22.7 Å². The van der Waals surface area contributed by atoms with Crippen molar-refractivity contribution in [2.24, 2.45) is 5.92 Å². The number of fused-ring (bicyclic) bond motifs is 1. The van der Waals surface area contributed by atoms with Gasteiger partial charge in [0.15, 0.2) is 0 Å². The lowest BCUT2D eigenvalue weighted by Crippen LogP contribution is -2.52. The molecule has 6 nitrogen and oxygen atoms in total. The Hall–Kier alpha value is -3.28. The van der Waals surface area contributed by atoms with Gasteiger partial charge in [-0.2, -0.15) is 0 Å². The minimum absolute atomic E-state index is 0.164. The van der Waals surface area contributed by atoms with Crippen LogP contribution in [0.3, 0.4) is 0 Å². The zero-order chi connectivity index (χ0) is 22.8. The van der Waals surface area contributed by atoms with Gasteiger partial charge in [-0.3, -0.25) is 9.59 Å². The molecule has 1 aliphatic heterocycles. The van der Waals surface area contributed by atoms with Crippen molar-refractivity contribution < 1.29 is 14.3 Å². The molecule has 2 aromatic carbocycles. The average molecular weight is 446 g/mol. The highest BCUT2D eigenvalue weighted by molar-refractivity contribution is 5.91. The van der Waals surface area contributed by atoms with E-state index >= 15 is 0 Å². The van der Waals surface area contributed by atoms with Gasteiger partial charge in [0.1, 0.15) is 5.75 Å². The van der Waals surface area contributed by atoms with Gasteiger partial charge in [-0.05, 0) is 60.7 Å². The van der Waals surface area contributed by atoms with Crippen LogP contribution in [0.4, 0.5) is 0 Å². The summed E-state index contributed by atoms with van der Waals surface area (Å²) in [5.41, 5.74) is 4.39. The van der Waals surface area contributed by atoms with Crippen LogP contribution in [0.2, 0.25) is 0 Å². The highest BCUT2D eigenvalue weighted by atomic mass is 16.5. The number of aromatic nitrogens is 1. The predicted octanol–water partition coefficient (Wildman–Crippen LogP) is 4.25. The first kappa shape index (κ1) is 21.6. The minimum Gasteiger partial charge on any atom is -0.497 e. The number of benzene rings is 2. The number of aryl methyl sites for hydroxylation is 1. The summed E-state index contributed by atoms with van der Waals surface area (Å²) in [5, 5.41) is 1.16. The maximum absolute atomic E-state index is 13.0. The molecule has 0 spiro atoms. The van der Waals surface area contributed by atoms with E-state index in [0.717, 1.165) is 40.8 Å². The standard InChI is InChI=1S/C27H31N3O3/c1-33-21-11-9-19(10-12-21)26-23(22-7-2-3-8-24(22)28-26)13-14-25(31)29-15-17-30(18-16-29)27(32)20-5-4-6-20/h2-3,7-12,20,28H,4-6,13-18H2,1H3. The zero-order valence-electron chi connectivity index (χ0n) is 19.2. The number of ether oxygens (including phenoxy) is 1. The third-order valence-corrected chi connectivity index (χ3v) is 7.18. The Morgan fingerprint density at radius 1 is 0.970 bits per heavy atom. The molecule has 0 radical (unpaired) electrons. The number of amides is 2. The molecule has 2 amide bonds. The molecule has 0 bridgehead atoms. The summed E-state index contributed by atoms with van der Waals surface area (Å²) in [6, 6.07) is 16.3. The molecule has 2 heterocycles. The van der Waals surface area contributed by atoms with E-state index in [0.29, 0.717) is 39.0 Å². The van der Waals surface area contributed by atoms with E-state index in [9.17, 15) is 9.59 Å². The second kappa shape index (κ2) is 9.30. The zero-order valence-corrected chi connectivity index (χ0v) is 19.2. The second-order valence-corrected chi connectivity index (χ2v) is 9.09. The van der Waals surface area contributed by atoms with Crippen LogP contribution in [-0.4, -0.2) is 59.9 Å². The maximum Gasteiger partial charge on any atom is 0.225 e. The Kier molecular flexibility index (Phi) is 6.07. The lowest BCUT2D eigenvalue weighted by Gasteiger charge is -2.38. The quantitative estimate of drug-likeness (QED) is 0.617. The van der Waals surface area contributed by atoms with Gasteiger partial charge in [-0.25, -0.2) is 0 Å². The SMILES string of the molecule is COc1ccc(-c2[nH]c3ccccc3c2CCC(=O)N2CCN(C(=O)C3CCC3)CC2)cc1. The van der Waals surface area contributed by atoms with Crippen LogP contribution < -0.4 is 4.74 Å². The Labute approximate surface area is 194 Å². The highest BCUT2D eigenvalue weighted by Crippen LogP contribution is 2.32. The largest absolute Gasteiger partial charge is 0.497 e. The van der Waals surface area contributed by atoms with E-state index in [-0.39, 0.29) is 17.7 Å². The number of aromatic amines is 1. The molecule has 2 aliphatic rings. The van der Waals surface area contributed by atoms with E-state index in [1.54, 1.807) is 7.11 Å². The van der Waals surface area contributed by atoms with Gasteiger partial charge in [-0.1, -0.05) is 24.6 Å². The van der Waals surface area contributed by atoms with Crippen molar-refractivity contribution in [3.8, 4) is 17.0 Å². The van der Waals surface area contributed by atoms with E-state index in [2.05, 4.69) is 17.1 Å². The number of carbonyl (C=O) groups excluding carboxylic acids is 2. The number of rotatable bonds is 6. The summed E-state index contributed by atoms with van der Waals surface area (Å²) in [6.07, 6.45) is 4.35. The fraction of sp³-hybridized carbons (Fsp3) is 0.407. The number of piperazine rings is 1. The molecule has 6 heteroatoms. The molecule has 1 aliphatic carbocycles. The molecule has 0 unspecified atom stereocenters. The average Bonchev–Trinajstić information content (AvgIpc) is 3.20. The molecule has 1 saturated carbocycles. The summed E-state index contributed by atoms with van der Waals surface area (Å²) in [5.74, 6) is 1.50. The van der Waals surface area contributed by atoms with E-state index in [1.807, 2.05) is 46.2 Å². The third-order valence-electron chi connectivity index (χ3n) is 7.18. The van der Waals surface area contributed by atoms with Gasteiger partial charge in [0.2, 0.25) is 11.8 Å². The smallest absolute Gasteiger partial charge is 0.225 e. The topological polar surface area (TPSA) is 65.6 Å². The fourth-order valence-corrected chi connectivity index (χ4v) is 4.94. The molecule has 172 valence electrons. The van der Waals surface area contributed by atoms with Crippen molar-refractivity contribution in [2.45, 2.75) is 32.1 Å². The van der Waals surface area contributed by atoms with E-state index in [1.165, 1.54) is 12.0 Å².